The van der Waals surface area contributed by atoms with Crippen LogP contribution in [0.15, 0.2) is 48.5 Å². The van der Waals surface area contributed by atoms with Crippen LogP contribution >= 0.6 is 0 Å². The van der Waals surface area contributed by atoms with Gasteiger partial charge in [-0.1, -0.05) is 30.3 Å². The van der Waals surface area contributed by atoms with Gasteiger partial charge in [0.1, 0.15) is 18.2 Å². The SMILES string of the molecule is C[C@@]1(C(=O)NCc2ccc(F)cc2)CCCN(C(=O)N[C@H]2COc3ccccc3C2)C1. The number of carbonyl (C=O) groups is 2. The standard InChI is InChI=1S/C24H28FN3O3/c1-24(22(29)26-14-17-7-9-19(25)10-8-17)11-4-12-28(16-24)23(30)27-20-13-18-5-2-3-6-21(18)31-15-20/h2-3,5-10,20H,4,11-16H2,1H3,(H,26,29)(H,27,30)/t20-,24-/m1/s1. The Morgan fingerprint density at radius 1 is 1.19 bits per heavy atom. The van der Waals surface area contributed by atoms with Crippen molar-refractivity contribution in [1.29, 1.82) is 0 Å². The molecule has 0 spiro atoms. The van der Waals surface area contributed by atoms with Gasteiger partial charge in [-0.2, -0.15) is 0 Å². The number of fused-ring (bicyclic) bond motifs is 1. The van der Waals surface area contributed by atoms with Crippen LogP contribution in [0.3, 0.4) is 0 Å². The van der Waals surface area contributed by atoms with Crippen LogP contribution in [0.1, 0.15) is 30.9 Å². The van der Waals surface area contributed by atoms with Crippen molar-refractivity contribution in [3.63, 3.8) is 0 Å². The molecule has 0 radical (unpaired) electrons. The van der Waals surface area contributed by atoms with Gasteiger partial charge in [0.2, 0.25) is 5.91 Å². The predicted octanol–water partition coefficient (Wildman–Crippen LogP) is 3.26. The van der Waals surface area contributed by atoms with Gasteiger partial charge >= 0.3 is 6.03 Å². The van der Waals surface area contributed by atoms with Crippen molar-refractivity contribution in [2.24, 2.45) is 5.41 Å². The zero-order chi connectivity index (χ0) is 21.8. The van der Waals surface area contributed by atoms with E-state index in [0.717, 1.165) is 29.7 Å². The Hall–Kier alpha value is -3.09. The Bertz CT molecular complexity index is 949. The summed E-state index contributed by atoms with van der Waals surface area (Å²) in [5, 5.41) is 6.00. The van der Waals surface area contributed by atoms with E-state index in [1.165, 1.54) is 12.1 Å². The fourth-order valence-corrected chi connectivity index (χ4v) is 4.28. The fourth-order valence-electron chi connectivity index (χ4n) is 4.28. The topological polar surface area (TPSA) is 70.7 Å². The lowest BCUT2D eigenvalue weighted by Crippen LogP contribution is -2.56. The average molecular weight is 426 g/mol. The number of hydrogen-bond acceptors (Lipinski definition) is 3. The average Bonchev–Trinajstić information content (AvgIpc) is 2.78. The first-order valence-corrected chi connectivity index (χ1v) is 10.7. The van der Waals surface area contributed by atoms with Gasteiger partial charge in [-0.05, 0) is 55.5 Å². The van der Waals surface area contributed by atoms with Crippen molar-refractivity contribution in [3.8, 4) is 5.75 Å². The number of halogens is 1. The van der Waals surface area contributed by atoms with Gasteiger partial charge in [0.15, 0.2) is 0 Å². The summed E-state index contributed by atoms with van der Waals surface area (Å²) < 4.78 is 18.8. The molecule has 1 saturated heterocycles. The highest BCUT2D eigenvalue weighted by Gasteiger charge is 2.39. The molecule has 2 aromatic carbocycles. The Balaban J connectivity index is 1.32. The third-order valence-electron chi connectivity index (χ3n) is 6.10. The molecule has 2 N–H and O–H groups in total. The summed E-state index contributed by atoms with van der Waals surface area (Å²) in [5.74, 6) is 0.475. The predicted molar refractivity (Wildman–Crippen MR) is 115 cm³/mol. The fraction of sp³-hybridized carbons (Fsp3) is 0.417. The first kappa shape index (κ1) is 21.2. The molecule has 0 saturated carbocycles. The number of nitrogens with one attached hydrogen (secondary N) is 2. The number of para-hydroxylation sites is 1. The summed E-state index contributed by atoms with van der Waals surface area (Å²) in [6.07, 6.45) is 2.20. The van der Waals surface area contributed by atoms with Gasteiger partial charge in [-0.25, -0.2) is 9.18 Å². The molecular weight excluding hydrogens is 397 g/mol. The lowest BCUT2D eigenvalue weighted by molar-refractivity contribution is -0.132. The second-order valence-corrected chi connectivity index (χ2v) is 8.66. The van der Waals surface area contributed by atoms with Crippen molar-refractivity contribution >= 4 is 11.9 Å². The van der Waals surface area contributed by atoms with Gasteiger partial charge in [0.25, 0.3) is 0 Å². The van der Waals surface area contributed by atoms with Crippen LogP contribution in [0.5, 0.6) is 5.75 Å². The minimum atomic E-state index is -0.661. The maximum Gasteiger partial charge on any atom is 0.317 e. The molecule has 3 amide bonds. The summed E-state index contributed by atoms with van der Waals surface area (Å²) in [5.41, 5.74) is 1.26. The quantitative estimate of drug-likeness (QED) is 0.790. The van der Waals surface area contributed by atoms with Crippen LogP contribution in [0.25, 0.3) is 0 Å². The van der Waals surface area contributed by atoms with Crippen molar-refractivity contribution in [2.75, 3.05) is 19.7 Å². The normalized spacial score (nSPS) is 22.8. The molecule has 31 heavy (non-hydrogen) atoms. The van der Waals surface area contributed by atoms with E-state index < -0.39 is 5.41 Å². The Morgan fingerprint density at radius 3 is 2.77 bits per heavy atom. The number of nitrogens with zero attached hydrogens (tertiary/aromatic N) is 1. The van der Waals surface area contributed by atoms with E-state index in [-0.39, 0.29) is 23.8 Å². The molecular formula is C24H28FN3O3. The molecule has 6 nitrogen and oxygen atoms in total. The molecule has 0 bridgehead atoms. The van der Waals surface area contributed by atoms with E-state index in [0.29, 0.717) is 32.7 Å². The molecule has 4 rings (SSSR count). The van der Waals surface area contributed by atoms with Gasteiger partial charge < -0.3 is 20.3 Å². The number of likely N-dealkylation sites (tertiary alicyclic amines) is 1. The highest BCUT2D eigenvalue weighted by molar-refractivity contribution is 5.84. The maximum atomic E-state index is 13.1. The number of carbonyl (C=O) groups excluding carboxylic acids is 2. The van der Waals surface area contributed by atoms with Crippen molar-refractivity contribution in [1.82, 2.24) is 15.5 Å². The lowest BCUT2D eigenvalue weighted by Gasteiger charge is -2.40. The Morgan fingerprint density at radius 2 is 1.97 bits per heavy atom. The van der Waals surface area contributed by atoms with Crippen molar-refractivity contribution in [2.45, 2.75) is 38.8 Å². The lowest BCUT2D eigenvalue weighted by atomic mass is 9.81. The summed E-state index contributed by atoms with van der Waals surface area (Å²) in [6.45, 7) is 3.65. The smallest absolute Gasteiger partial charge is 0.317 e. The second kappa shape index (κ2) is 8.96. The highest BCUT2D eigenvalue weighted by atomic mass is 19.1. The summed E-state index contributed by atoms with van der Waals surface area (Å²) in [4.78, 5) is 27.5. The van der Waals surface area contributed by atoms with Crippen LogP contribution in [-0.4, -0.2) is 42.6 Å². The Kier molecular flexibility index (Phi) is 6.11. The number of amides is 3. The summed E-state index contributed by atoms with van der Waals surface area (Å²) in [7, 11) is 0. The number of hydrogen-bond donors (Lipinski definition) is 2. The monoisotopic (exact) mass is 425 g/mol. The largest absolute Gasteiger partial charge is 0.491 e. The van der Waals surface area contributed by atoms with E-state index in [9.17, 15) is 14.0 Å². The highest BCUT2D eigenvalue weighted by Crippen LogP contribution is 2.30. The van der Waals surface area contributed by atoms with Gasteiger partial charge in [0.05, 0.1) is 11.5 Å². The minimum absolute atomic E-state index is 0.0933. The van der Waals surface area contributed by atoms with Crippen LogP contribution in [-0.2, 0) is 17.8 Å². The molecule has 0 aliphatic carbocycles. The van der Waals surface area contributed by atoms with E-state index in [2.05, 4.69) is 10.6 Å². The number of rotatable bonds is 4. The minimum Gasteiger partial charge on any atom is -0.491 e. The molecule has 1 fully saturated rings. The summed E-state index contributed by atoms with van der Waals surface area (Å²) >= 11 is 0. The second-order valence-electron chi connectivity index (χ2n) is 8.66. The molecule has 2 aliphatic rings. The number of urea groups is 1. The van der Waals surface area contributed by atoms with E-state index in [1.807, 2.05) is 31.2 Å². The molecule has 2 heterocycles. The van der Waals surface area contributed by atoms with Gasteiger partial charge in [0, 0.05) is 19.6 Å². The van der Waals surface area contributed by atoms with E-state index in [1.54, 1.807) is 17.0 Å². The van der Waals surface area contributed by atoms with Gasteiger partial charge in [-0.15, -0.1) is 0 Å². The van der Waals surface area contributed by atoms with Crippen molar-refractivity contribution in [3.05, 3.63) is 65.5 Å². The molecule has 0 unspecified atom stereocenters. The van der Waals surface area contributed by atoms with Crippen LogP contribution < -0.4 is 15.4 Å². The molecule has 2 atom stereocenters. The van der Waals surface area contributed by atoms with Crippen LogP contribution in [0.4, 0.5) is 9.18 Å². The molecule has 2 aromatic rings. The third kappa shape index (κ3) is 4.98. The number of benzene rings is 2. The molecule has 2 aliphatic heterocycles. The molecule has 164 valence electrons. The maximum absolute atomic E-state index is 13.1. The molecule has 7 heteroatoms. The zero-order valence-corrected chi connectivity index (χ0v) is 17.7. The van der Waals surface area contributed by atoms with Crippen LogP contribution in [0.2, 0.25) is 0 Å². The first-order chi connectivity index (χ1) is 14.9. The first-order valence-electron chi connectivity index (χ1n) is 10.7. The number of piperidine rings is 1. The van der Waals surface area contributed by atoms with Crippen molar-refractivity contribution < 1.29 is 18.7 Å². The van der Waals surface area contributed by atoms with E-state index >= 15 is 0 Å². The molecule has 0 aromatic heterocycles. The van der Waals surface area contributed by atoms with Crippen LogP contribution in [0, 0.1) is 11.2 Å². The zero-order valence-electron chi connectivity index (χ0n) is 17.7. The Labute approximate surface area is 181 Å². The third-order valence-corrected chi connectivity index (χ3v) is 6.10. The van der Waals surface area contributed by atoms with Gasteiger partial charge in [-0.3, -0.25) is 4.79 Å². The van der Waals surface area contributed by atoms with E-state index in [4.69, 9.17) is 4.74 Å². The summed E-state index contributed by atoms with van der Waals surface area (Å²) in [6, 6.07) is 13.7. The number of ether oxygens (including phenoxy) is 1.